The van der Waals surface area contributed by atoms with Gasteiger partial charge in [0, 0.05) is 5.56 Å². The van der Waals surface area contributed by atoms with E-state index < -0.39 is 30.5 Å². The number of aryl methyl sites for hydroxylation is 3. The monoisotopic (exact) mass is 836 g/mol. The first-order chi connectivity index (χ1) is 31.1. The first-order valence-corrected chi connectivity index (χ1v) is 22.3. The van der Waals surface area contributed by atoms with Gasteiger partial charge in [-0.2, -0.15) is 0 Å². The Morgan fingerprint density at radius 2 is 0.937 bits per heavy atom. The van der Waals surface area contributed by atoms with Crippen LogP contribution in [-0.4, -0.2) is 31.0 Å². The van der Waals surface area contributed by atoms with Crippen molar-refractivity contribution < 1.29 is 28.4 Å². The lowest BCUT2D eigenvalue weighted by Crippen LogP contribution is -2.58. The normalized spacial score (nSPS) is 19.2. The molecule has 0 unspecified atom stereocenters. The molecule has 0 saturated carbocycles. The van der Waals surface area contributed by atoms with E-state index in [2.05, 4.69) is 97.9 Å². The lowest BCUT2D eigenvalue weighted by atomic mass is 9.85. The number of fused-ring (bicyclic) bond motifs is 1. The van der Waals surface area contributed by atoms with Gasteiger partial charge in [-0.3, -0.25) is 0 Å². The summed E-state index contributed by atoms with van der Waals surface area (Å²) in [5.41, 5.74) is 12.7. The molecular weight excluding hydrogens is 781 g/mol. The minimum absolute atomic E-state index is 0.273. The first-order valence-electron chi connectivity index (χ1n) is 22.3. The Bertz CT molecular complexity index is 2480. The standard InChI is InChI=1S/C57H56O6/c1-41-31-48(32-47-27-28-49-29-30-50(49)33-47)34-51(53(41)59-36-43-19-9-3-10-20-43)54-56(61-38-45-23-13-5-14-24-45)57(62-39-46-25-15-6-16-26-46)55(60-37-44-21-11-4-12-22-44)52(63-54)40-58-35-42-17-7-2-8-18-42/h2-28,31,33-34,52,54-57H,29-30,32,35-40H2,1H3/t52-,54+,55-,56+,57+/m1/s1. The molecule has 1 aliphatic heterocycles. The molecule has 0 aromatic heterocycles. The Morgan fingerprint density at radius 3 is 1.46 bits per heavy atom. The fourth-order valence-electron chi connectivity index (χ4n) is 8.75. The Labute approximate surface area is 372 Å². The third kappa shape index (κ3) is 11.0. The maximum Gasteiger partial charge on any atom is 0.128 e. The van der Waals surface area contributed by atoms with Gasteiger partial charge in [-0.1, -0.05) is 176 Å². The second-order valence-electron chi connectivity index (χ2n) is 16.8. The number of hydrogen-bond acceptors (Lipinski definition) is 6. The fraction of sp³-hybridized carbons (Fsp3) is 0.263. The van der Waals surface area contributed by atoms with Gasteiger partial charge in [0.2, 0.25) is 0 Å². The van der Waals surface area contributed by atoms with Gasteiger partial charge in [0.15, 0.2) is 0 Å². The summed E-state index contributed by atoms with van der Waals surface area (Å²) >= 11 is 0. The summed E-state index contributed by atoms with van der Waals surface area (Å²) in [5, 5.41) is 0. The summed E-state index contributed by atoms with van der Waals surface area (Å²) in [6.07, 6.45) is 0.212. The van der Waals surface area contributed by atoms with Gasteiger partial charge in [-0.25, -0.2) is 0 Å². The summed E-state index contributed by atoms with van der Waals surface area (Å²) in [6.45, 7) is 4.33. The highest BCUT2D eigenvalue weighted by Crippen LogP contribution is 2.44. The molecule has 1 fully saturated rings. The third-order valence-electron chi connectivity index (χ3n) is 12.1. The second-order valence-corrected chi connectivity index (χ2v) is 16.8. The van der Waals surface area contributed by atoms with Crippen molar-refractivity contribution in [3.8, 4) is 5.75 Å². The van der Waals surface area contributed by atoms with E-state index >= 15 is 0 Å². The lowest BCUT2D eigenvalue weighted by Gasteiger charge is -2.47. The molecule has 63 heavy (non-hydrogen) atoms. The van der Waals surface area contributed by atoms with Crippen LogP contribution in [0.3, 0.4) is 0 Å². The van der Waals surface area contributed by atoms with Crippen molar-refractivity contribution in [1.82, 2.24) is 0 Å². The van der Waals surface area contributed by atoms with Crippen LogP contribution >= 0.6 is 0 Å². The van der Waals surface area contributed by atoms with Crippen molar-refractivity contribution in [2.45, 2.75) is 89.7 Å². The molecule has 0 radical (unpaired) electrons. The number of ether oxygens (including phenoxy) is 6. The van der Waals surface area contributed by atoms with Crippen LogP contribution in [-0.2, 0) is 76.0 Å². The summed E-state index contributed by atoms with van der Waals surface area (Å²) in [7, 11) is 0. The van der Waals surface area contributed by atoms with Gasteiger partial charge < -0.3 is 28.4 Å². The van der Waals surface area contributed by atoms with Crippen LogP contribution in [0.1, 0.15) is 67.3 Å². The van der Waals surface area contributed by atoms with E-state index in [0.29, 0.717) is 33.0 Å². The van der Waals surface area contributed by atoms with Gasteiger partial charge in [-0.15, -0.1) is 0 Å². The van der Waals surface area contributed by atoms with Crippen molar-refractivity contribution in [1.29, 1.82) is 0 Å². The van der Waals surface area contributed by atoms with Crippen LogP contribution < -0.4 is 4.74 Å². The maximum absolute atomic E-state index is 7.46. The van der Waals surface area contributed by atoms with Crippen molar-refractivity contribution >= 4 is 0 Å². The highest BCUT2D eigenvalue weighted by molar-refractivity contribution is 5.48. The molecule has 0 bridgehead atoms. The van der Waals surface area contributed by atoms with E-state index in [9.17, 15) is 0 Å². The Kier molecular flexibility index (Phi) is 14.2. The average molecular weight is 837 g/mol. The van der Waals surface area contributed by atoms with E-state index in [0.717, 1.165) is 64.0 Å². The molecule has 0 N–H and O–H groups in total. The first kappa shape index (κ1) is 42.4. The molecule has 2 aliphatic rings. The largest absolute Gasteiger partial charge is 0.488 e. The molecule has 7 aromatic rings. The molecule has 1 aliphatic carbocycles. The molecule has 7 aromatic carbocycles. The molecular formula is C57H56O6. The van der Waals surface area contributed by atoms with Crippen LogP contribution in [0.2, 0.25) is 0 Å². The number of hydrogen-bond donors (Lipinski definition) is 0. The van der Waals surface area contributed by atoms with Crippen LogP contribution in [0.4, 0.5) is 0 Å². The van der Waals surface area contributed by atoms with Crippen molar-refractivity contribution in [3.05, 3.63) is 243 Å². The highest BCUT2D eigenvalue weighted by atomic mass is 16.6. The van der Waals surface area contributed by atoms with Gasteiger partial charge >= 0.3 is 0 Å². The van der Waals surface area contributed by atoms with Crippen LogP contribution in [0.15, 0.2) is 182 Å². The summed E-state index contributed by atoms with van der Waals surface area (Å²) in [6, 6.07) is 62.9. The molecule has 6 nitrogen and oxygen atoms in total. The molecule has 0 spiro atoms. The molecule has 320 valence electrons. The molecule has 6 heteroatoms. The zero-order valence-electron chi connectivity index (χ0n) is 36.0. The van der Waals surface area contributed by atoms with E-state index in [1.54, 1.807) is 0 Å². The van der Waals surface area contributed by atoms with E-state index in [-0.39, 0.29) is 6.61 Å². The summed E-state index contributed by atoms with van der Waals surface area (Å²) in [5.74, 6) is 0.785. The van der Waals surface area contributed by atoms with Crippen LogP contribution in [0.25, 0.3) is 0 Å². The van der Waals surface area contributed by atoms with Crippen LogP contribution in [0, 0.1) is 6.92 Å². The molecule has 5 atom stereocenters. The Balaban J connectivity index is 1.14. The quantitative estimate of drug-likeness (QED) is 0.0809. The third-order valence-corrected chi connectivity index (χ3v) is 12.1. The molecule has 0 amide bonds. The van der Waals surface area contributed by atoms with Gasteiger partial charge in [0.1, 0.15) is 42.9 Å². The molecule has 1 heterocycles. The number of benzene rings is 7. The minimum atomic E-state index is -0.613. The van der Waals surface area contributed by atoms with E-state index in [1.807, 2.05) is 91.0 Å². The predicted molar refractivity (Wildman–Crippen MR) is 247 cm³/mol. The predicted octanol–water partition coefficient (Wildman–Crippen LogP) is 11.7. The van der Waals surface area contributed by atoms with Crippen molar-refractivity contribution in [2.24, 2.45) is 0 Å². The summed E-state index contributed by atoms with van der Waals surface area (Å²) < 4.78 is 42.2. The van der Waals surface area contributed by atoms with Crippen LogP contribution in [0.5, 0.6) is 5.75 Å². The average Bonchev–Trinajstić information content (AvgIpc) is 3.32. The Hall–Kier alpha value is -5.86. The van der Waals surface area contributed by atoms with Gasteiger partial charge in [-0.05, 0) is 87.9 Å². The maximum atomic E-state index is 7.46. The topological polar surface area (TPSA) is 55.4 Å². The minimum Gasteiger partial charge on any atom is -0.488 e. The smallest absolute Gasteiger partial charge is 0.128 e. The zero-order chi connectivity index (χ0) is 42.6. The molecule has 9 rings (SSSR count). The van der Waals surface area contributed by atoms with Crippen molar-refractivity contribution in [3.63, 3.8) is 0 Å². The summed E-state index contributed by atoms with van der Waals surface area (Å²) in [4.78, 5) is 0. The van der Waals surface area contributed by atoms with E-state index in [1.165, 1.54) is 22.3 Å². The fourth-order valence-corrected chi connectivity index (χ4v) is 8.75. The molecule has 1 saturated heterocycles. The van der Waals surface area contributed by atoms with Crippen molar-refractivity contribution in [2.75, 3.05) is 6.61 Å². The lowest BCUT2D eigenvalue weighted by molar-refractivity contribution is -0.275. The Morgan fingerprint density at radius 1 is 0.444 bits per heavy atom. The SMILES string of the molecule is Cc1cc(Cc2ccc3c(c2)CC3)cc([C@@H]2O[C@H](COCc3ccccc3)[C@@H](OCc3ccccc3)[C@H](OCc3ccccc3)[C@H]2OCc2ccccc2)c1OCc1ccccc1. The van der Waals surface area contributed by atoms with Gasteiger partial charge in [0.25, 0.3) is 0 Å². The second kappa shape index (κ2) is 21.0. The number of rotatable bonds is 19. The van der Waals surface area contributed by atoms with Gasteiger partial charge in [0.05, 0.1) is 33.0 Å². The van der Waals surface area contributed by atoms with E-state index in [4.69, 9.17) is 28.4 Å². The highest BCUT2D eigenvalue weighted by Gasteiger charge is 2.50. The zero-order valence-corrected chi connectivity index (χ0v) is 36.0.